The van der Waals surface area contributed by atoms with Gasteiger partial charge in [0.1, 0.15) is 10.6 Å². The lowest BCUT2D eigenvalue weighted by atomic mass is 9.90. The van der Waals surface area contributed by atoms with Crippen molar-refractivity contribution in [1.82, 2.24) is 19.3 Å². The molecule has 3 heterocycles. The monoisotopic (exact) mass is 440 g/mol. The highest BCUT2D eigenvalue weighted by molar-refractivity contribution is 7.89. The minimum absolute atomic E-state index is 0.01000. The van der Waals surface area contributed by atoms with Crippen LogP contribution in [0.25, 0.3) is 0 Å². The van der Waals surface area contributed by atoms with Gasteiger partial charge in [-0.2, -0.15) is 4.31 Å². The van der Waals surface area contributed by atoms with Crippen LogP contribution < -0.4 is 0 Å². The highest BCUT2D eigenvalue weighted by Crippen LogP contribution is 2.27. The lowest BCUT2D eigenvalue weighted by molar-refractivity contribution is -0.145. The van der Waals surface area contributed by atoms with Gasteiger partial charge in [0.2, 0.25) is 21.8 Å². The smallest absolute Gasteiger partial charge is 0.248 e. The molecule has 0 aliphatic carbocycles. The molecule has 1 aromatic rings. The summed E-state index contributed by atoms with van der Waals surface area (Å²) in [7, 11) is -3.70. The van der Waals surface area contributed by atoms with Gasteiger partial charge in [-0.05, 0) is 26.7 Å². The molecule has 2 aliphatic rings. The van der Waals surface area contributed by atoms with Gasteiger partial charge in [-0.3, -0.25) is 9.59 Å². The summed E-state index contributed by atoms with van der Waals surface area (Å²) in [6, 6.07) is 0. The van der Waals surface area contributed by atoms with Crippen LogP contribution in [0, 0.1) is 25.2 Å². The van der Waals surface area contributed by atoms with Gasteiger partial charge in [0.15, 0.2) is 5.76 Å². The van der Waals surface area contributed by atoms with Gasteiger partial charge >= 0.3 is 0 Å². The van der Waals surface area contributed by atoms with Crippen LogP contribution >= 0.6 is 0 Å². The fraction of sp³-hybridized carbons (Fsp3) is 0.750. The van der Waals surface area contributed by atoms with Crippen molar-refractivity contribution in [3.63, 3.8) is 0 Å². The van der Waals surface area contributed by atoms with Crippen LogP contribution in [-0.4, -0.2) is 78.8 Å². The third-order valence-corrected chi connectivity index (χ3v) is 7.96. The molecule has 168 valence electrons. The SMILES string of the molecule is Cc1noc(C)c1S(=O)(=O)N1CCN(C(=O)C2CCCN(C(=O)C(C)(C)C)C2)CC1. The molecule has 2 amide bonds. The second kappa shape index (κ2) is 8.30. The number of piperidine rings is 1. The van der Waals surface area contributed by atoms with Crippen LogP contribution in [0.15, 0.2) is 9.42 Å². The van der Waals surface area contributed by atoms with Crippen molar-refractivity contribution >= 4 is 21.8 Å². The fourth-order valence-electron chi connectivity index (χ4n) is 4.22. The molecule has 30 heavy (non-hydrogen) atoms. The molecule has 0 saturated carbocycles. The molecule has 10 heteroatoms. The molecule has 1 aromatic heterocycles. The Bertz CT molecular complexity index is 891. The van der Waals surface area contributed by atoms with E-state index >= 15 is 0 Å². The van der Waals surface area contributed by atoms with Crippen molar-refractivity contribution in [3.05, 3.63) is 11.5 Å². The summed E-state index contributed by atoms with van der Waals surface area (Å²) in [5.41, 5.74) is -0.125. The van der Waals surface area contributed by atoms with Gasteiger partial charge in [0.25, 0.3) is 0 Å². The predicted octanol–water partition coefficient (Wildman–Crippen LogP) is 1.41. The Kier molecular flexibility index (Phi) is 6.29. The van der Waals surface area contributed by atoms with Crippen LogP contribution in [-0.2, 0) is 19.6 Å². The molecular formula is C20H32N4O5S. The van der Waals surface area contributed by atoms with Gasteiger partial charge in [-0.1, -0.05) is 25.9 Å². The van der Waals surface area contributed by atoms with E-state index in [4.69, 9.17) is 4.52 Å². The molecule has 0 N–H and O–H groups in total. The Morgan fingerprint density at radius 2 is 1.67 bits per heavy atom. The molecule has 0 spiro atoms. The predicted molar refractivity (Wildman–Crippen MR) is 110 cm³/mol. The Balaban J connectivity index is 1.62. The van der Waals surface area contributed by atoms with E-state index in [-0.39, 0.29) is 41.5 Å². The summed E-state index contributed by atoms with van der Waals surface area (Å²) in [5.74, 6) is 0.124. The first-order chi connectivity index (χ1) is 13.9. The molecule has 1 unspecified atom stereocenters. The maximum atomic E-state index is 13.1. The minimum Gasteiger partial charge on any atom is -0.360 e. The number of rotatable bonds is 3. The Hall–Kier alpha value is -1.94. The lowest BCUT2D eigenvalue weighted by Gasteiger charge is -2.39. The molecular weight excluding hydrogens is 408 g/mol. The van der Waals surface area contributed by atoms with Crippen molar-refractivity contribution in [2.24, 2.45) is 11.3 Å². The van der Waals surface area contributed by atoms with E-state index in [1.165, 1.54) is 4.31 Å². The molecule has 2 fully saturated rings. The van der Waals surface area contributed by atoms with Crippen LogP contribution in [0.5, 0.6) is 0 Å². The maximum Gasteiger partial charge on any atom is 0.248 e. The molecule has 0 bridgehead atoms. The van der Waals surface area contributed by atoms with Crippen LogP contribution in [0.2, 0.25) is 0 Å². The van der Waals surface area contributed by atoms with E-state index < -0.39 is 15.4 Å². The number of hydrogen-bond donors (Lipinski definition) is 0. The fourth-order valence-corrected chi connectivity index (χ4v) is 5.93. The number of likely N-dealkylation sites (tertiary alicyclic amines) is 1. The molecule has 2 saturated heterocycles. The van der Waals surface area contributed by atoms with E-state index in [1.54, 1.807) is 23.6 Å². The second-order valence-electron chi connectivity index (χ2n) is 9.22. The summed E-state index contributed by atoms with van der Waals surface area (Å²) in [4.78, 5) is 29.3. The largest absolute Gasteiger partial charge is 0.360 e. The van der Waals surface area contributed by atoms with Crippen molar-refractivity contribution in [1.29, 1.82) is 0 Å². The molecule has 0 aromatic carbocycles. The van der Waals surface area contributed by atoms with Crippen LogP contribution in [0.1, 0.15) is 45.1 Å². The number of aromatic nitrogens is 1. The van der Waals surface area contributed by atoms with E-state index in [0.29, 0.717) is 31.9 Å². The Labute approximate surface area is 178 Å². The number of nitrogens with zero attached hydrogens (tertiary/aromatic N) is 4. The maximum absolute atomic E-state index is 13.1. The van der Waals surface area contributed by atoms with E-state index in [9.17, 15) is 18.0 Å². The first kappa shape index (κ1) is 22.7. The number of amides is 2. The zero-order valence-corrected chi connectivity index (χ0v) is 19.3. The van der Waals surface area contributed by atoms with E-state index in [1.807, 2.05) is 20.8 Å². The number of aryl methyl sites for hydroxylation is 2. The summed E-state index contributed by atoms with van der Waals surface area (Å²) >= 11 is 0. The number of carbonyl (C=O) groups is 2. The van der Waals surface area contributed by atoms with Gasteiger partial charge in [0.05, 0.1) is 5.92 Å². The average Bonchev–Trinajstić information content (AvgIpc) is 3.05. The average molecular weight is 441 g/mol. The summed E-state index contributed by atoms with van der Waals surface area (Å²) in [6.45, 7) is 11.1. The van der Waals surface area contributed by atoms with Crippen LogP contribution in [0.3, 0.4) is 0 Å². The van der Waals surface area contributed by atoms with Gasteiger partial charge < -0.3 is 14.3 Å². The first-order valence-corrected chi connectivity index (χ1v) is 11.9. The normalized spacial score (nSPS) is 21.7. The van der Waals surface area contributed by atoms with Gasteiger partial charge in [-0.15, -0.1) is 0 Å². The molecule has 2 aliphatic heterocycles. The number of sulfonamides is 1. The topological polar surface area (TPSA) is 104 Å². The Morgan fingerprint density at radius 1 is 1.03 bits per heavy atom. The summed E-state index contributed by atoms with van der Waals surface area (Å²) in [5, 5.41) is 3.74. The first-order valence-electron chi connectivity index (χ1n) is 10.4. The van der Waals surface area contributed by atoms with Crippen molar-refractivity contribution < 1.29 is 22.5 Å². The molecule has 9 nitrogen and oxygen atoms in total. The summed E-state index contributed by atoms with van der Waals surface area (Å²) < 4.78 is 32.3. The minimum atomic E-state index is -3.70. The van der Waals surface area contributed by atoms with E-state index in [2.05, 4.69) is 5.16 Å². The van der Waals surface area contributed by atoms with Crippen molar-refractivity contribution in [2.75, 3.05) is 39.3 Å². The lowest BCUT2D eigenvalue weighted by Crippen LogP contribution is -2.54. The zero-order chi connectivity index (χ0) is 22.3. The second-order valence-corrected chi connectivity index (χ2v) is 11.1. The molecule has 3 rings (SSSR count). The highest BCUT2D eigenvalue weighted by atomic mass is 32.2. The number of carbonyl (C=O) groups excluding carboxylic acids is 2. The van der Waals surface area contributed by atoms with Crippen molar-refractivity contribution in [3.8, 4) is 0 Å². The standard InChI is InChI=1S/C20H32N4O5S/c1-14-17(15(2)29-21-14)30(27,28)24-11-9-22(10-12-24)18(25)16-7-6-8-23(13-16)19(26)20(3,4)5/h16H,6-13H2,1-5H3. The molecule has 1 atom stereocenters. The third-order valence-electron chi connectivity index (χ3n) is 5.82. The number of hydrogen-bond acceptors (Lipinski definition) is 6. The van der Waals surface area contributed by atoms with Crippen LogP contribution in [0.4, 0.5) is 0 Å². The van der Waals surface area contributed by atoms with Crippen molar-refractivity contribution in [2.45, 2.75) is 52.4 Å². The highest BCUT2D eigenvalue weighted by Gasteiger charge is 2.38. The quantitative estimate of drug-likeness (QED) is 0.704. The number of piperazine rings is 1. The van der Waals surface area contributed by atoms with Gasteiger partial charge in [-0.25, -0.2) is 8.42 Å². The third kappa shape index (κ3) is 4.39. The molecule has 0 radical (unpaired) electrons. The Morgan fingerprint density at radius 3 is 2.20 bits per heavy atom. The van der Waals surface area contributed by atoms with Gasteiger partial charge in [0, 0.05) is 44.7 Å². The zero-order valence-electron chi connectivity index (χ0n) is 18.5. The van der Waals surface area contributed by atoms with E-state index in [0.717, 1.165) is 12.8 Å². The summed E-state index contributed by atoms with van der Waals surface area (Å²) in [6.07, 6.45) is 1.56.